The fourth-order valence-corrected chi connectivity index (χ4v) is 1.58. The minimum Gasteiger partial charge on any atom is -0.480 e. The van der Waals surface area contributed by atoms with Gasteiger partial charge in [-0.25, -0.2) is 9.59 Å². The number of ether oxygens (including phenoxy) is 1. The Labute approximate surface area is 120 Å². The second-order valence-electron chi connectivity index (χ2n) is 5.37. The van der Waals surface area contributed by atoms with Gasteiger partial charge in [0, 0.05) is 7.79 Å². The zero-order valence-corrected chi connectivity index (χ0v) is 12.0. The molecule has 5 heteroatoms. The molecule has 1 aromatic rings. The lowest BCUT2D eigenvalue weighted by atomic mass is 10.0. The molecule has 1 aromatic carbocycles. The highest BCUT2D eigenvalue weighted by molar-refractivity contribution is 5.80. The molecule has 0 aliphatic carbocycles. The van der Waals surface area contributed by atoms with Crippen LogP contribution < -0.4 is 5.32 Å². The number of hydrogen-bond acceptors (Lipinski definition) is 3. The molecule has 2 N–H and O–H groups in total. The summed E-state index contributed by atoms with van der Waals surface area (Å²) in [5.41, 5.74) is 0.944. The van der Waals surface area contributed by atoms with Crippen molar-refractivity contribution in [2.75, 3.05) is 0 Å². The standard InChI is InChI=1S/C15H21NO4/c1-10-5-7-11(8-6-10)9-12(13(17)18)16-14(19)20-15(2,3)4/h5-8,12H,9H2,1-4H3,(H,16,19)(H,17,18)/t12-/m0/s1/i2D. The third-order valence-electron chi connectivity index (χ3n) is 2.52. The lowest BCUT2D eigenvalue weighted by molar-refractivity contribution is -0.139. The van der Waals surface area contributed by atoms with Gasteiger partial charge in [-0.15, -0.1) is 0 Å². The first-order valence-corrected chi connectivity index (χ1v) is 6.30. The van der Waals surface area contributed by atoms with Gasteiger partial charge in [0.2, 0.25) is 0 Å². The molecule has 5 nitrogen and oxygen atoms in total. The highest BCUT2D eigenvalue weighted by Crippen LogP contribution is 2.09. The fourth-order valence-electron chi connectivity index (χ4n) is 1.58. The quantitative estimate of drug-likeness (QED) is 0.888. The van der Waals surface area contributed by atoms with E-state index >= 15 is 0 Å². The zero-order chi connectivity index (χ0) is 16.0. The van der Waals surface area contributed by atoms with E-state index in [0.29, 0.717) is 0 Å². The van der Waals surface area contributed by atoms with E-state index in [0.717, 1.165) is 11.1 Å². The van der Waals surface area contributed by atoms with Crippen LogP contribution in [0.3, 0.4) is 0 Å². The van der Waals surface area contributed by atoms with Gasteiger partial charge in [0.15, 0.2) is 0 Å². The molecule has 0 aliphatic rings. The van der Waals surface area contributed by atoms with Crippen LogP contribution in [0.25, 0.3) is 0 Å². The predicted octanol–water partition coefficient (Wildman–Crippen LogP) is 2.52. The smallest absolute Gasteiger partial charge is 0.408 e. The maximum absolute atomic E-state index is 11.7. The summed E-state index contributed by atoms with van der Waals surface area (Å²) >= 11 is 0. The summed E-state index contributed by atoms with van der Waals surface area (Å²) in [7, 11) is 0. The average molecular weight is 280 g/mol. The summed E-state index contributed by atoms with van der Waals surface area (Å²) in [6.45, 7) is 5.03. The number of carboxylic acid groups (broad SMARTS) is 1. The monoisotopic (exact) mass is 280 g/mol. The van der Waals surface area contributed by atoms with Crippen LogP contribution in [0.5, 0.6) is 0 Å². The number of hydrogen-bond donors (Lipinski definition) is 2. The summed E-state index contributed by atoms with van der Waals surface area (Å²) in [5, 5.41) is 11.5. The minimum absolute atomic E-state index is 0.101. The number of carbonyl (C=O) groups is 2. The maximum Gasteiger partial charge on any atom is 0.408 e. The van der Waals surface area contributed by atoms with Crippen molar-refractivity contribution in [1.29, 1.82) is 0 Å². The van der Waals surface area contributed by atoms with Gasteiger partial charge in [0.1, 0.15) is 11.6 Å². The van der Waals surface area contributed by atoms with Gasteiger partial charge < -0.3 is 15.2 Å². The number of rotatable bonds is 4. The molecule has 0 saturated heterocycles. The fraction of sp³-hybridized carbons (Fsp3) is 0.467. The van der Waals surface area contributed by atoms with Crippen LogP contribution in [-0.4, -0.2) is 28.8 Å². The third kappa shape index (κ3) is 5.73. The molecule has 0 heterocycles. The molecule has 1 amide bonds. The normalized spacial score (nSPS) is 13.2. The molecule has 0 aromatic heterocycles. The summed E-state index contributed by atoms with van der Waals surface area (Å²) in [5.74, 6) is -1.13. The Morgan fingerprint density at radius 2 is 2.00 bits per heavy atom. The van der Waals surface area contributed by atoms with Crippen molar-refractivity contribution < 1.29 is 20.8 Å². The molecule has 0 bridgehead atoms. The van der Waals surface area contributed by atoms with Crippen LogP contribution in [0.2, 0.25) is 0 Å². The van der Waals surface area contributed by atoms with Crippen molar-refractivity contribution in [2.24, 2.45) is 0 Å². The SMILES string of the molecule is [2H]CC(C)(C)OC(=O)N[C@@H](Cc1ccc(C)cc1)C(=O)O. The Balaban J connectivity index is 2.68. The summed E-state index contributed by atoms with van der Waals surface area (Å²) in [4.78, 5) is 22.9. The first kappa shape index (κ1) is 14.4. The molecule has 0 aliphatic heterocycles. The van der Waals surface area contributed by atoms with E-state index in [4.69, 9.17) is 6.11 Å². The Morgan fingerprint density at radius 3 is 2.50 bits per heavy atom. The maximum atomic E-state index is 11.7. The molecular formula is C15H21NO4. The summed E-state index contributed by atoms with van der Waals surface area (Å²) in [6.07, 6.45) is -0.654. The van der Waals surface area contributed by atoms with Crippen LogP contribution in [0.4, 0.5) is 4.79 Å². The number of aliphatic carboxylic acids is 1. The Hall–Kier alpha value is -2.04. The number of carboxylic acids is 1. The Kier molecular flexibility index (Phi) is 4.61. The molecule has 0 fully saturated rings. The first-order valence-electron chi connectivity index (χ1n) is 7.01. The van der Waals surface area contributed by atoms with E-state index in [1.807, 2.05) is 31.2 Å². The summed E-state index contributed by atoms with van der Waals surface area (Å²) < 4.78 is 12.3. The van der Waals surface area contributed by atoms with Crippen molar-refractivity contribution in [3.05, 3.63) is 35.4 Å². The van der Waals surface area contributed by atoms with E-state index in [1.54, 1.807) is 13.8 Å². The van der Waals surface area contributed by atoms with Crippen LogP contribution in [0, 0.1) is 6.92 Å². The molecule has 0 unspecified atom stereocenters. The lowest BCUT2D eigenvalue weighted by Crippen LogP contribution is -2.44. The number of carbonyl (C=O) groups excluding carboxylic acids is 1. The van der Waals surface area contributed by atoms with Crippen molar-refractivity contribution >= 4 is 12.1 Å². The molecule has 1 rings (SSSR count). The third-order valence-corrected chi connectivity index (χ3v) is 2.52. The predicted molar refractivity (Wildman–Crippen MR) is 75.7 cm³/mol. The molecular weight excluding hydrogens is 258 g/mol. The molecule has 0 saturated carbocycles. The molecule has 0 radical (unpaired) electrons. The van der Waals surface area contributed by atoms with E-state index < -0.39 is 23.7 Å². The second kappa shape index (κ2) is 6.41. The van der Waals surface area contributed by atoms with E-state index in [2.05, 4.69) is 5.32 Å². The molecule has 0 spiro atoms. The van der Waals surface area contributed by atoms with Gasteiger partial charge in [0.25, 0.3) is 0 Å². The average Bonchev–Trinajstić information content (AvgIpc) is 2.39. The Morgan fingerprint density at radius 1 is 1.40 bits per heavy atom. The largest absolute Gasteiger partial charge is 0.480 e. The first-order chi connectivity index (χ1) is 9.73. The van der Waals surface area contributed by atoms with Gasteiger partial charge in [-0.3, -0.25) is 0 Å². The van der Waals surface area contributed by atoms with Gasteiger partial charge >= 0.3 is 12.1 Å². The van der Waals surface area contributed by atoms with Gasteiger partial charge in [-0.2, -0.15) is 0 Å². The van der Waals surface area contributed by atoms with Crippen LogP contribution >= 0.6 is 0 Å². The van der Waals surface area contributed by atoms with Crippen molar-refractivity contribution in [2.45, 2.75) is 45.7 Å². The number of aryl methyl sites for hydroxylation is 1. The van der Waals surface area contributed by atoms with Crippen molar-refractivity contribution in [1.82, 2.24) is 5.32 Å². The lowest BCUT2D eigenvalue weighted by Gasteiger charge is -2.22. The van der Waals surface area contributed by atoms with Gasteiger partial charge in [-0.05, 0) is 33.2 Å². The topological polar surface area (TPSA) is 75.6 Å². The van der Waals surface area contributed by atoms with Crippen LogP contribution in [-0.2, 0) is 16.0 Å². The zero-order valence-electron chi connectivity index (χ0n) is 13.0. The van der Waals surface area contributed by atoms with Crippen molar-refractivity contribution in [3.8, 4) is 0 Å². The highest BCUT2D eigenvalue weighted by atomic mass is 16.6. The molecule has 1 atom stereocenters. The number of benzene rings is 1. The Bertz CT molecular complexity index is 499. The molecule has 110 valence electrons. The second-order valence-corrected chi connectivity index (χ2v) is 5.37. The van der Waals surface area contributed by atoms with E-state index in [9.17, 15) is 14.7 Å². The molecule has 20 heavy (non-hydrogen) atoms. The summed E-state index contributed by atoms with van der Waals surface area (Å²) in [6, 6.07) is 6.35. The number of alkyl carbamates (subject to hydrolysis) is 1. The van der Waals surface area contributed by atoms with Crippen LogP contribution in [0.1, 0.15) is 33.2 Å². The van der Waals surface area contributed by atoms with Crippen LogP contribution in [0.15, 0.2) is 24.3 Å². The van der Waals surface area contributed by atoms with Gasteiger partial charge in [-0.1, -0.05) is 29.8 Å². The number of amides is 1. The number of nitrogens with one attached hydrogen (secondary N) is 1. The van der Waals surface area contributed by atoms with Gasteiger partial charge in [0.05, 0.1) is 0 Å². The minimum atomic E-state index is -1.13. The van der Waals surface area contributed by atoms with E-state index in [1.165, 1.54) is 0 Å². The van der Waals surface area contributed by atoms with Crippen molar-refractivity contribution in [3.63, 3.8) is 0 Å². The van der Waals surface area contributed by atoms with E-state index in [-0.39, 0.29) is 13.3 Å². The highest BCUT2D eigenvalue weighted by Gasteiger charge is 2.24.